The minimum Gasteiger partial charge on any atom is -0.493 e. The summed E-state index contributed by atoms with van der Waals surface area (Å²) in [5.41, 5.74) is 3.50. The van der Waals surface area contributed by atoms with Gasteiger partial charge in [-0.3, -0.25) is 4.79 Å². The highest BCUT2D eigenvalue weighted by atomic mass is 32.1. The first kappa shape index (κ1) is 18.6. The minimum absolute atomic E-state index is 0.00697. The van der Waals surface area contributed by atoms with Crippen LogP contribution in [0.15, 0.2) is 53.5 Å². The van der Waals surface area contributed by atoms with Gasteiger partial charge in [0.2, 0.25) is 5.91 Å². The van der Waals surface area contributed by atoms with Crippen molar-refractivity contribution in [3.8, 4) is 11.5 Å². The molecule has 0 aliphatic heterocycles. The molecule has 1 amide bonds. The molecule has 0 radical (unpaired) electrons. The number of fused-ring (bicyclic) bond motifs is 1. The molecule has 28 heavy (non-hydrogen) atoms. The maximum absolute atomic E-state index is 12.9. The summed E-state index contributed by atoms with van der Waals surface area (Å²) in [6.45, 7) is 0. The van der Waals surface area contributed by atoms with Gasteiger partial charge in [-0.25, -0.2) is 0 Å². The maximum Gasteiger partial charge on any atom is 0.222 e. The number of nitrogens with one attached hydrogen (secondary N) is 1. The summed E-state index contributed by atoms with van der Waals surface area (Å²) in [4.78, 5) is 12.9. The summed E-state index contributed by atoms with van der Waals surface area (Å²) < 4.78 is 12.9. The number of benzene rings is 1. The standard InChI is InChI=1S/C22H24N2O3S/c1-26-20-11-15-5-6-18(17(15)12-21(20)27-2)23-22(25)13-19(16-7-10-28-14-16)24-8-3-4-9-24/h3-4,7-12,14,18-19H,5-6,13H2,1-2H3,(H,23,25)/t18-,19-/m1/s1. The lowest BCUT2D eigenvalue weighted by Crippen LogP contribution is -2.29. The average Bonchev–Trinajstić information content (AvgIpc) is 3.47. The van der Waals surface area contributed by atoms with Gasteiger partial charge in [-0.2, -0.15) is 11.3 Å². The zero-order chi connectivity index (χ0) is 19.5. The summed E-state index contributed by atoms with van der Waals surface area (Å²) in [6, 6.07) is 10.1. The molecule has 6 heteroatoms. The van der Waals surface area contributed by atoms with E-state index in [4.69, 9.17) is 9.47 Å². The molecule has 2 aromatic heterocycles. The molecule has 0 fully saturated rings. The molecule has 2 atom stereocenters. The lowest BCUT2D eigenvalue weighted by atomic mass is 10.0. The zero-order valence-electron chi connectivity index (χ0n) is 16.1. The first-order valence-electron chi connectivity index (χ1n) is 9.38. The van der Waals surface area contributed by atoms with Crippen molar-refractivity contribution in [1.82, 2.24) is 9.88 Å². The van der Waals surface area contributed by atoms with Gasteiger partial charge < -0.3 is 19.4 Å². The topological polar surface area (TPSA) is 52.5 Å². The fraction of sp³-hybridized carbons (Fsp3) is 0.318. The number of hydrogen-bond donors (Lipinski definition) is 1. The molecule has 1 aliphatic carbocycles. The molecular weight excluding hydrogens is 372 g/mol. The van der Waals surface area contributed by atoms with Crippen LogP contribution in [-0.2, 0) is 11.2 Å². The Kier molecular flexibility index (Phi) is 5.39. The lowest BCUT2D eigenvalue weighted by Gasteiger charge is -2.20. The Labute approximate surface area is 168 Å². The van der Waals surface area contributed by atoms with E-state index in [-0.39, 0.29) is 18.0 Å². The fourth-order valence-electron chi connectivity index (χ4n) is 3.93. The number of hydrogen-bond acceptors (Lipinski definition) is 4. The van der Waals surface area contributed by atoms with E-state index in [9.17, 15) is 4.79 Å². The molecule has 1 aliphatic rings. The van der Waals surface area contributed by atoms with E-state index in [1.165, 1.54) is 5.56 Å². The fourth-order valence-corrected chi connectivity index (χ4v) is 4.63. The van der Waals surface area contributed by atoms with E-state index in [1.54, 1.807) is 25.6 Å². The first-order valence-corrected chi connectivity index (χ1v) is 10.3. The van der Waals surface area contributed by atoms with Gasteiger partial charge in [0, 0.05) is 12.4 Å². The number of methoxy groups -OCH3 is 2. The van der Waals surface area contributed by atoms with Gasteiger partial charge in [-0.15, -0.1) is 0 Å². The predicted octanol–water partition coefficient (Wildman–Crippen LogP) is 4.35. The van der Waals surface area contributed by atoms with Crippen molar-refractivity contribution in [2.75, 3.05) is 14.2 Å². The molecule has 2 heterocycles. The third-order valence-corrected chi connectivity index (χ3v) is 6.05. The van der Waals surface area contributed by atoms with Gasteiger partial charge in [-0.1, -0.05) is 0 Å². The van der Waals surface area contributed by atoms with Crippen LogP contribution in [-0.4, -0.2) is 24.7 Å². The normalized spacial score (nSPS) is 16.4. The molecular formula is C22H24N2O3S. The third kappa shape index (κ3) is 3.64. The quantitative estimate of drug-likeness (QED) is 0.646. The van der Waals surface area contributed by atoms with Crippen LogP contribution in [0, 0.1) is 0 Å². The second-order valence-corrected chi connectivity index (χ2v) is 7.75. The SMILES string of the molecule is COc1cc2c(cc1OC)[C@H](NC(=O)C[C@H](c1ccsc1)n1cccc1)CC2. The van der Waals surface area contributed by atoms with Gasteiger partial charge in [0.05, 0.1) is 32.7 Å². The number of aryl methyl sites for hydroxylation is 1. The minimum atomic E-state index is 0.00697. The van der Waals surface area contributed by atoms with Gasteiger partial charge in [0.25, 0.3) is 0 Å². The average molecular weight is 397 g/mol. The van der Waals surface area contributed by atoms with Crippen molar-refractivity contribution in [3.05, 3.63) is 70.2 Å². The Morgan fingerprint density at radius 2 is 2.00 bits per heavy atom. The van der Waals surface area contributed by atoms with Gasteiger partial charge in [0.1, 0.15) is 0 Å². The summed E-state index contributed by atoms with van der Waals surface area (Å²) >= 11 is 1.65. The van der Waals surface area contributed by atoms with Crippen LogP contribution in [0.25, 0.3) is 0 Å². The second-order valence-electron chi connectivity index (χ2n) is 6.97. The third-order valence-electron chi connectivity index (χ3n) is 5.35. The lowest BCUT2D eigenvalue weighted by molar-refractivity contribution is -0.122. The van der Waals surface area contributed by atoms with Crippen LogP contribution in [0.3, 0.4) is 0 Å². The van der Waals surface area contributed by atoms with Crippen LogP contribution in [0.2, 0.25) is 0 Å². The molecule has 3 aromatic rings. The number of rotatable bonds is 7. The highest BCUT2D eigenvalue weighted by Gasteiger charge is 2.27. The molecule has 0 bridgehead atoms. The van der Waals surface area contributed by atoms with Crippen molar-refractivity contribution < 1.29 is 14.3 Å². The van der Waals surface area contributed by atoms with Gasteiger partial charge in [0.15, 0.2) is 11.5 Å². The van der Waals surface area contributed by atoms with Crippen molar-refractivity contribution in [2.45, 2.75) is 31.3 Å². The number of nitrogens with zero attached hydrogens (tertiary/aromatic N) is 1. The molecule has 4 rings (SSSR count). The van der Waals surface area contributed by atoms with Crippen molar-refractivity contribution >= 4 is 17.2 Å². The van der Waals surface area contributed by atoms with Crippen LogP contribution in [0.4, 0.5) is 0 Å². The number of carbonyl (C=O) groups is 1. The Hall–Kier alpha value is -2.73. The van der Waals surface area contributed by atoms with Crippen LogP contribution >= 0.6 is 11.3 Å². The summed E-state index contributed by atoms with van der Waals surface area (Å²) in [5.74, 6) is 1.49. The molecule has 146 valence electrons. The Morgan fingerprint density at radius 1 is 1.25 bits per heavy atom. The number of carbonyl (C=O) groups excluding carboxylic acids is 1. The maximum atomic E-state index is 12.9. The smallest absolute Gasteiger partial charge is 0.222 e. The van der Waals surface area contributed by atoms with Gasteiger partial charge in [-0.05, 0) is 70.6 Å². The highest BCUT2D eigenvalue weighted by Crippen LogP contribution is 2.39. The zero-order valence-corrected chi connectivity index (χ0v) is 16.9. The van der Waals surface area contributed by atoms with Crippen LogP contribution < -0.4 is 14.8 Å². The van der Waals surface area contributed by atoms with E-state index < -0.39 is 0 Å². The van der Waals surface area contributed by atoms with E-state index >= 15 is 0 Å². The monoisotopic (exact) mass is 396 g/mol. The van der Waals surface area contributed by atoms with E-state index in [0.717, 1.165) is 29.7 Å². The highest BCUT2D eigenvalue weighted by molar-refractivity contribution is 7.08. The van der Waals surface area contributed by atoms with Crippen molar-refractivity contribution in [2.24, 2.45) is 0 Å². The molecule has 1 aromatic carbocycles. The van der Waals surface area contributed by atoms with Gasteiger partial charge >= 0.3 is 0 Å². The van der Waals surface area contributed by atoms with Crippen molar-refractivity contribution in [3.63, 3.8) is 0 Å². The second kappa shape index (κ2) is 8.10. The Balaban J connectivity index is 1.50. The number of thiophene rings is 1. The van der Waals surface area contributed by atoms with Crippen LogP contribution in [0.5, 0.6) is 11.5 Å². The summed E-state index contributed by atoms with van der Waals surface area (Å²) in [7, 11) is 3.28. The molecule has 1 N–H and O–H groups in total. The summed E-state index contributed by atoms with van der Waals surface area (Å²) in [6.07, 6.45) is 6.25. The Bertz CT molecular complexity index is 901. The van der Waals surface area contributed by atoms with E-state index in [1.807, 2.05) is 36.7 Å². The largest absolute Gasteiger partial charge is 0.493 e. The number of ether oxygens (including phenoxy) is 2. The molecule has 0 unspecified atom stereocenters. The predicted molar refractivity (Wildman–Crippen MR) is 110 cm³/mol. The Morgan fingerprint density at radius 3 is 2.68 bits per heavy atom. The molecule has 0 spiro atoms. The molecule has 5 nitrogen and oxygen atoms in total. The number of amides is 1. The number of aromatic nitrogens is 1. The van der Waals surface area contributed by atoms with Crippen molar-refractivity contribution in [1.29, 1.82) is 0 Å². The molecule has 0 saturated carbocycles. The van der Waals surface area contributed by atoms with E-state index in [2.05, 4.69) is 26.7 Å². The molecule has 0 saturated heterocycles. The van der Waals surface area contributed by atoms with Crippen LogP contribution in [0.1, 0.15) is 41.6 Å². The first-order chi connectivity index (χ1) is 13.7. The van der Waals surface area contributed by atoms with E-state index in [0.29, 0.717) is 12.2 Å². The summed E-state index contributed by atoms with van der Waals surface area (Å²) in [5, 5.41) is 7.40.